The summed E-state index contributed by atoms with van der Waals surface area (Å²) in [7, 11) is 0. The van der Waals surface area contributed by atoms with Crippen molar-refractivity contribution in [3.8, 4) is 0 Å². The van der Waals surface area contributed by atoms with Crippen molar-refractivity contribution in [2.45, 2.75) is 25.7 Å². The quantitative estimate of drug-likeness (QED) is 0.839. The largest absolute Gasteiger partial charge is 0.478 e. The molecule has 0 aliphatic heterocycles. The van der Waals surface area contributed by atoms with Crippen LogP contribution in [0.15, 0.2) is 48.5 Å². The number of carboxylic acid groups (broad SMARTS) is 1. The first kappa shape index (κ1) is 18.0. The van der Waals surface area contributed by atoms with Gasteiger partial charge in [-0.05, 0) is 49.6 Å². The van der Waals surface area contributed by atoms with Crippen molar-refractivity contribution in [3.05, 3.63) is 70.2 Å². The minimum atomic E-state index is -0.948. The fourth-order valence-electron chi connectivity index (χ4n) is 2.45. The number of rotatable bonds is 6. The van der Waals surface area contributed by atoms with Gasteiger partial charge in [-0.3, -0.25) is 4.79 Å². The van der Waals surface area contributed by atoms with E-state index in [-0.39, 0.29) is 11.5 Å². The number of halogens is 1. The summed E-state index contributed by atoms with van der Waals surface area (Å²) in [4.78, 5) is 23.3. The first-order valence-corrected chi connectivity index (χ1v) is 8.05. The molecular weight excluding hydrogens is 326 g/mol. The zero-order valence-corrected chi connectivity index (χ0v) is 14.4. The topological polar surface area (TPSA) is 66.4 Å². The summed E-state index contributed by atoms with van der Waals surface area (Å²) in [6, 6.07) is 14.0. The summed E-state index contributed by atoms with van der Waals surface area (Å²) in [5, 5.41) is 12.4. The molecule has 0 aromatic heterocycles. The molecule has 4 nitrogen and oxygen atoms in total. The molecule has 0 bridgehead atoms. The molecule has 0 unspecified atom stereocenters. The fraction of sp³-hybridized carbons (Fsp3) is 0.263. The number of hydrogen-bond donors (Lipinski definition) is 2. The number of carbonyl (C=O) groups excluding carboxylic acids is 1. The number of carbonyl (C=O) groups is 2. The van der Waals surface area contributed by atoms with Crippen LogP contribution in [0.1, 0.15) is 35.3 Å². The van der Waals surface area contributed by atoms with E-state index in [2.05, 4.69) is 5.32 Å². The number of amides is 1. The van der Waals surface area contributed by atoms with Crippen LogP contribution < -0.4 is 5.32 Å². The highest BCUT2D eigenvalue weighted by Crippen LogP contribution is 2.29. The van der Waals surface area contributed by atoms with E-state index in [1.807, 2.05) is 32.0 Å². The maximum Gasteiger partial charge on any atom is 0.335 e. The van der Waals surface area contributed by atoms with E-state index in [9.17, 15) is 9.59 Å². The van der Waals surface area contributed by atoms with Crippen LogP contribution in [0.4, 0.5) is 0 Å². The van der Waals surface area contributed by atoms with E-state index in [0.29, 0.717) is 18.0 Å². The molecule has 2 aromatic rings. The van der Waals surface area contributed by atoms with Gasteiger partial charge in [0.05, 0.1) is 11.0 Å². The van der Waals surface area contributed by atoms with E-state index >= 15 is 0 Å². The van der Waals surface area contributed by atoms with Crippen molar-refractivity contribution in [2.75, 3.05) is 6.54 Å². The molecule has 1 amide bonds. The maximum absolute atomic E-state index is 12.5. The Bertz CT molecular complexity index is 739. The van der Waals surface area contributed by atoms with Gasteiger partial charge >= 0.3 is 5.97 Å². The summed E-state index contributed by atoms with van der Waals surface area (Å²) < 4.78 is 0. The van der Waals surface area contributed by atoms with E-state index < -0.39 is 11.4 Å². The van der Waals surface area contributed by atoms with Gasteiger partial charge < -0.3 is 10.4 Å². The molecule has 0 aliphatic rings. The minimum Gasteiger partial charge on any atom is -0.478 e. The summed E-state index contributed by atoms with van der Waals surface area (Å²) in [6.07, 6.45) is 0.629. The second kappa shape index (κ2) is 7.49. The van der Waals surface area contributed by atoms with Crippen molar-refractivity contribution >= 4 is 23.5 Å². The average Bonchev–Trinajstić information content (AvgIpc) is 2.55. The first-order chi connectivity index (χ1) is 11.3. The number of benzene rings is 2. The Kier molecular flexibility index (Phi) is 5.62. The molecule has 2 rings (SSSR count). The highest BCUT2D eigenvalue weighted by Gasteiger charge is 2.31. The normalized spacial score (nSPS) is 11.1. The molecule has 126 valence electrons. The molecule has 0 heterocycles. The number of nitrogens with one attached hydrogen (secondary N) is 1. The van der Waals surface area contributed by atoms with E-state index in [1.165, 1.54) is 0 Å². The molecule has 0 spiro atoms. The molecule has 0 saturated carbocycles. The van der Waals surface area contributed by atoms with Gasteiger partial charge in [0, 0.05) is 11.6 Å². The molecule has 2 aromatic carbocycles. The molecule has 0 radical (unpaired) electrons. The Hall–Kier alpha value is -2.33. The summed E-state index contributed by atoms with van der Waals surface area (Å²) in [5.74, 6) is -1.05. The van der Waals surface area contributed by atoms with Gasteiger partial charge in [-0.15, -0.1) is 0 Å². The smallest absolute Gasteiger partial charge is 0.335 e. The van der Waals surface area contributed by atoms with Crippen LogP contribution in [0.3, 0.4) is 0 Å². The summed E-state index contributed by atoms with van der Waals surface area (Å²) >= 11 is 6.20. The predicted molar refractivity (Wildman–Crippen MR) is 94.6 cm³/mol. The second-order valence-electron chi connectivity index (χ2n) is 6.11. The Morgan fingerprint density at radius 2 is 1.71 bits per heavy atom. The minimum absolute atomic E-state index is 0.0993. The molecule has 0 atom stereocenters. The third-order valence-electron chi connectivity index (χ3n) is 4.01. The van der Waals surface area contributed by atoms with E-state index in [1.54, 1.807) is 30.3 Å². The third-order valence-corrected chi connectivity index (χ3v) is 4.34. The molecule has 0 aliphatic carbocycles. The molecule has 24 heavy (non-hydrogen) atoms. The number of hydrogen-bond acceptors (Lipinski definition) is 2. The van der Waals surface area contributed by atoms with Crippen LogP contribution in [-0.2, 0) is 16.6 Å². The lowest BCUT2D eigenvalue weighted by molar-refractivity contribution is -0.125. The highest BCUT2D eigenvalue weighted by molar-refractivity contribution is 6.31. The zero-order chi connectivity index (χ0) is 17.7. The Balaban J connectivity index is 1.95. The number of aromatic carboxylic acids is 1. The van der Waals surface area contributed by atoms with Crippen molar-refractivity contribution in [1.29, 1.82) is 0 Å². The zero-order valence-electron chi connectivity index (χ0n) is 13.7. The van der Waals surface area contributed by atoms with Crippen molar-refractivity contribution in [1.82, 2.24) is 5.32 Å². The Labute approximate surface area is 146 Å². The molecule has 0 saturated heterocycles. The van der Waals surface area contributed by atoms with Crippen LogP contribution in [0.2, 0.25) is 5.02 Å². The van der Waals surface area contributed by atoms with Crippen LogP contribution >= 0.6 is 11.6 Å². The van der Waals surface area contributed by atoms with Crippen molar-refractivity contribution in [3.63, 3.8) is 0 Å². The van der Waals surface area contributed by atoms with Gasteiger partial charge in [0.15, 0.2) is 0 Å². The lowest BCUT2D eigenvalue weighted by Gasteiger charge is -2.25. The van der Waals surface area contributed by atoms with Gasteiger partial charge in [-0.1, -0.05) is 41.9 Å². The average molecular weight is 346 g/mol. The standard InChI is InChI=1S/C19H20ClNO3/c1-19(2,15-5-3-4-6-16(15)20)18(24)21-12-11-13-7-9-14(10-8-13)17(22)23/h3-10H,11-12H2,1-2H3,(H,21,24)(H,22,23). The van der Waals surface area contributed by atoms with Crippen LogP contribution in [-0.4, -0.2) is 23.5 Å². The first-order valence-electron chi connectivity index (χ1n) is 7.68. The van der Waals surface area contributed by atoms with Gasteiger partial charge in [-0.2, -0.15) is 0 Å². The molecule has 0 fully saturated rings. The summed E-state index contributed by atoms with van der Waals surface area (Å²) in [6.45, 7) is 4.15. The third kappa shape index (κ3) is 4.15. The van der Waals surface area contributed by atoms with Crippen LogP contribution in [0.5, 0.6) is 0 Å². The van der Waals surface area contributed by atoms with Crippen LogP contribution in [0.25, 0.3) is 0 Å². The van der Waals surface area contributed by atoms with Gasteiger partial charge in [0.25, 0.3) is 0 Å². The lowest BCUT2D eigenvalue weighted by atomic mass is 9.83. The van der Waals surface area contributed by atoms with Gasteiger partial charge in [0.2, 0.25) is 5.91 Å². The SMILES string of the molecule is CC(C)(C(=O)NCCc1ccc(C(=O)O)cc1)c1ccccc1Cl. The monoisotopic (exact) mass is 345 g/mol. The number of carboxylic acids is 1. The molecule has 5 heteroatoms. The van der Waals surface area contributed by atoms with Gasteiger partial charge in [-0.25, -0.2) is 4.79 Å². The molecular formula is C19H20ClNO3. The van der Waals surface area contributed by atoms with Crippen LogP contribution in [0, 0.1) is 0 Å². The summed E-state index contributed by atoms with van der Waals surface area (Å²) in [5.41, 5.74) is 1.28. The maximum atomic E-state index is 12.5. The van der Waals surface area contributed by atoms with E-state index in [0.717, 1.165) is 11.1 Å². The van der Waals surface area contributed by atoms with Crippen molar-refractivity contribution < 1.29 is 14.7 Å². The van der Waals surface area contributed by atoms with Gasteiger partial charge in [0.1, 0.15) is 0 Å². The lowest BCUT2D eigenvalue weighted by Crippen LogP contribution is -2.41. The van der Waals surface area contributed by atoms with Crippen molar-refractivity contribution in [2.24, 2.45) is 0 Å². The second-order valence-corrected chi connectivity index (χ2v) is 6.52. The highest BCUT2D eigenvalue weighted by atomic mass is 35.5. The Morgan fingerprint density at radius 3 is 2.29 bits per heavy atom. The fourth-order valence-corrected chi connectivity index (χ4v) is 2.82. The predicted octanol–water partition coefficient (Wildman–Crippen LogP) is 3.67. The van der Waals surface area contributed by atoms with E-state index in [4.69, 9.17) is 16.7 Å². The Morgan fingerprint density at radius 1 is 1.08 bits per heavy atom. The molecule has 2 N–H and O–H groups in total.